The predicted molar refractivity (Wildman–Crippen MR) is 50.5 cm³/mol. The molecule has 0 saturated carbocycles. The molecule has 0 aliphatic heterocycles. The summed E-state index contributed by atoms with van der Waals surface area (Å²) in [5.74, 6) is -1.08. The van der Waals surface area contributed by atoms with Gasteiger partial charge >= 0.3 is 0 Å². The standard InChI is InChI=1S/C8H5ClFNO3S/c9-15(12,13)6-1-2-8(7(10)5-6)14-4-3-11/h1-2,5H,4H2. The summed E-state index contributed by atoms with van der Waals surface area (Å²) in [6.07, 6.45) is 0. The van der Waals surface area contributed by atoms with Crippen molar-refractivity contribution < 1.29 is 17.5 Å². The Balaban J connectivity index is 3.05. The van der Waals surface area contributed by atoms with Crippen LogP contribution in [0.1, 0.15) is 0 Å². The molecule has 1 aromatic carbocycles. The maximum atomic E-state index is 13.1. The van der Waals surface area contributed by atoms with Crippen LogP contribution in [0, 0.1) is 17.1 Å². The summed E-state index contributed by atoms with van der Waals surface area (Å²) in [6.45, 7) is -0.316. The molecule has 0 amide bonds. The topological polar surface area (TPSA) is 67.2 Å². The van der Waals surface area contributed by atoms with Crippen molar-refractivity contribution in [3.8, 4) is 11.8 Å². The van der Waals surface area contributed by atoms with Crippen LogP contribution in [0.3, 0.4) is 0 Å². The molecule has 1 rings (SSSR count). The Morgan fingerprint density at radius 2 is 2.20 bits per heavy atom. The van der Waals surface area contributed by atoms with E-state index in [0.717, 1.165) is 18.2 Å². The second-order valence-electron chi connectivity index (χ2n) is 2.48. The minimum Gasteiger partial charge on any atom is -0.476 e. The SMILES string of the molecule is N#CCOc1ccc(S(=O)(=O)Cl)cc1F. The molecule has 0 saturated heterocycles. The van der Waals surface area contributed by atoms with E-state index in [1.54, 1.807) is 6.07 Å². The summed E-state index contributed by atoms with van der Waals surface area (Å²) < 4.78 is 39.5. The van der Waals surface area contributed by atoms with Crippen molar-refractivity contribution >= 4 is 19.7 Å². The molecule has 0 atom stereocenters. The molecular formula is C8H5ClFNO3S. The number of hydrogen-bond donors (Lipinski definition) is 0. The highest BCUT2D eigenvalue weighted by atomic mass is 35.7. The Morgan fingerprint density at radius 1 is 1.53 bits per heavy atom. The predicted octanol–water partition coefficient (Wildman–Crippen LogP) is 1.66. The van der Waals surface area contributed by atoms with Gasteiger partial charge in [-0.1, -0.05) is 0 Å². The van der Waals surface area contributed by atoms with Crippen LogP contribution in [-0.4, -0.2) is 15.0 Å². The zero-order valence-electron chi connectivity index (χ0n) is 7.28. The Hall–Kier alpha value is -1.32. The van der Waals surface area contributed by atoms with Crippen LogP contribution in [0.4, 0.5) is 4.39 Å². The van der Waals surface area contributed by atoms with E-state index in [1.165, 1.54) is 0 Å². The quantitative estimate of drug-likeness (QED) is 0.764. The molecule has 15 heavy (non-hydrogen) atoms. The van der Waals surface area contributed by atoms with Gasteiger partial charge in [-0.05, 0) is 18.2 Å². The Bertz CT molecular complexity index is 509. The van der Waals surface area contributed by atoms with E-state index >= 15 is 0 Å². The second kappa shape index (κ2) is 4.47. The molecule has 7 heteroatoms. The number of benzene rings is 1. The van der Waals surface area contributed by atoms with Crippen molar-refractivity contribution in [2.75, 3.05) is 6.61 Å². The average Bonchev–Trinajstić information content (AvgIpc) is 2.14. The highest BCUT2D eigenvalue weighted by Gasteiger charge is 2.13. The summed E-state index contributed by atoms with van der Waals surface area (Å²) in [4.78, 5) is -0.356. The minimum absolute atomic E-state index is 0.194. The van der Waals surface area contributed by atoms with Crippen molar-refractivity contribution in [3.05, 3.63) is 24.0 Å². The fourth-order valence-electron chi connectivity index (χ4n) is 0.860. The summed E-state index contributed by atoms with van der Waals surface area (Å²) in [5, 5.41) is 8.19. The van der Waals surface area contributed by atoms with Crippen LogP contribution in [0.2, 0.25) is 0 Å². The van der Waals surface area contributed by atoms with Gasteiger partial charge in [-0.25, -0.2) is 12.8 Å². The van der Waals surface area contributed by atoms with E-state index in [9.17, 15) is 12.8 Å². The summed E-state index contributed by atoms with van der Waals surface area (Å²) >= 11 is 0. The van der Waals surface area contributed by atoms with E-state index < -0.39 is 14.9 Å². The fraction of sp³-hybridized carbons (Fsp3) is 0.125. The maximum absolute atomic E-state index is 13.1. The molecule has 0 heterocycles. The molecule has 0 bridgehead atoms. The van der Waals surface area contributed by atoms with Gasteiger partial charge in [0.2, 0.25) is 0 Å². The van der Waals surface area contributed by atoms with Gasteiger partial charge in [0.25, 0.3) is 9.05 Å². The Kier molecular flexibility index (Phi) is 3.50. The third-order valence-electron chi connectivity index (χ3n) is 1.48. The minimum atomic E-state index is -3.95. The molecule has 0 aliphatic rings. The molecule has 0 aromatic heterocycles. The van der Waals surface area contributed by atoms with E-state index in [1.807, 2.05) is 0 Å². The average molecular weight is 250 g/mol. The summed E-state index contributed by atoms with van der Waals surface area (Å²) in [6, 6.07) is 4.58. The Morgan fingerprint density at radius 3 is 2.67 bits per heavy atom. The van der Waals surface area contributed by atoms with E-state index in [0.29, 0.717) is 0 Å². The maximum Gasteiger partial charge on any atom is 0.261 e. The van der Waals surface area contributed by atoms with Crippen molar-refractivity contribution in [2.45, 2.75) is 4.90 Å². The van der Waals surface area contributed by atoms with Gasteiger partial charge in [0.15, 0.2) is 18.2 Å². The normalized spacial score (nSPS) is 10.7. The summed E-state index contributed by atoms with van der Waals surface area (Å²) in [5.41, 5.74) is 0. The third kappa shape index (κ3) is 3.08. The second-order valence-corrected chi connectivity index (χ2v) is 5.04. The number of nitrogens with zero attached hydrogens (tertiary/aromatic N) is 1. The first-order valence-electron chi connectivity index (χ1n) is 3.69. The van der Waals surface area contributed by atoms with Gasteiger partial charge < -0.3 is 4.74 Å². The van der Waals surface area contributed by atoms with Crippen LogP contribution in [0.15, 0.2) is 23.1 Å². The lowest BCUT2D eigenvalue weighted by Gasteiger charge is -2.03. The van der Waals surface area contributed by atoms with E-state index in [4.69, 9.17) is 15.9 Å². The molecule has 0 radical (unpaired) electrons. The molecule has 0 spiro atoms. The number of hydrogen-bond acceptors (Lipinski definition) is 4. The number of nitriles is 1. The molecule has 0 N–H and O–H groups in total. The summed E-state index contributed by atoms with van der Waals surface area (Å²) in [7, 11) is 1.05. The fourth-order valence-corrected chi connectivity index (χ4v) is 1.62. The third-order valence-corrected chi connectivity index (χ3v) is 2.83. The van der Waals surface area contributed by atoms with Gasteiger partial charge in [0.1, 0.15) is 6.07 Å². The van der Waals surface area contributed by atoms with E-state index in [2.05, 4.69) is 4.74 Å². The number of halogens is 2. The first-order valence-corrected chi connectivity index (χ1v) is 6.00. The van der Waals surface area contributed by atoms with Crippen molar-refractivity contribution in [1.82, 2.24) is 0 Å². The van der Waals surface area contributed by atoms with Crippen molar-refractivity contribution in [2.24, 2.45) is 0 Å². The van der Waals surface area contributed by atoms with Crippen molar-refractivity contribution in [1.29, 1.82) is 5.26 Å². The van der Waals surface area contributed by atoms with Gasteiger partial charge in [-0.3, -0.25) is 0 Å². The number of ether oxygens (including phenoxy) is 1. The molecule has 0 fully saturated rings. The largest absolute Gasteiger partial charge is 0.476 e. The molecule has 0 aliphatic carbocycles. The van der Waals surface area contributed by atoms with Gasteiger partial charge in [0.05, 0.1) is 4.90 Å². The molecule has 4 nitrogen and oxygen atoms in total. The lowest BCUT2D eigenvalue weighted by Crippen LogP contribution is -1.98. The lowest BCUT2D eigenvalue weighted by atomic mass is 10.3. The molecular weight excluding hydrogens is 245 g/mol. The smallest absolute Gasteiger partial charge is 0.261 e. The highest BCUT2D eigenvalue weighted by Crippen LogP contribution is 2.22. The van der Waals surface area contributed by atoms with Crippen LogP contribution in [0.5, 0.6) is 5.75 Å². The number of rotatable bonds is 3. The van der Waals surface area contributed by atoms with Gasteiger partial charge in [-0.2, -0.15) is 5.26 Å². The first kappa shape index (κ1) is 11.8. The van der Waals surface area contributed by atoms with Crippen LogP contribution < -0.4 is 4.74 Å². The lowest BCUT2D eigenvalue weighted by molar-refractivity contribution is 0.345. The van der Waals surface area contributed by atoms with Crippen molar-refractivity contribution in [3.63, 3.8) is 0 Å². The first-order chi connectivity index (χ1) is 6.95. The Labute approximate surface area is 90.3 Å². The van der Waals surface area contributed by atoms with Crippen LogP contribution >= 0.6 is 10.7 Å². The highest BCUT2D eigenvalue weighted by molar-refractivity contribution is 8.13. The monoisotopic (exact) mass is 249 g/mol. The molecule has 0 unspecified atom stereocenters. The zero-order valence-corrected chi connectivity index (χ0v) is 8.85. The van der Waals surface area contributed by atoms with Crippen LogP contribution in [-0.2, 0) is 9.05 Å². The van der Waals surface area contributed by atoms with Gasteiger partial charge in [-0.15, -0.1) is 0 Å². The van der Waals surface area contributed by atoms with Crippen LogP contribution in [0.25, 0.3) is 0 Å². The van der Waals surface area contributed by atoms with Gasteiger partial charge in [0, 0.05) is 10.7 Å². The zero-order chi connectivity index (χ0) is 11.5. The van der Waals surface area contributed by atoms with E-state index in [-0.39, 0.29) is 17.3 Å². The molecule has 1 aromatic rings. The molecule has 80 valence electrons.